The maximum absolute atomic E-state index is 14.1. The molecular weight excluding hydrogens is 539 g/mol. The van der Waals surface area contributed by atoms with Crippen LogP contribution in [0.3, 0.4) is 0 Å². The second-order valence-corrected chi connectivity index (χ2v) is 8.04. The summed E-state index contributed by atoms with van der Waals surface area (Å²) in [6, 6.07) is 13.6. The molecule has 0 atom stereocenters. The first-order valence-corrected chi connectivity index (χ1v) is 10.4. The molecule has 1 aromatic heterocycles. The molecule has 8 nitrogen and oxygen atoms in total. The van der Waals surface area contributed by atoms with Gasteiger partial charge in [-0.1, -0.05) is 24.3 Å². The molecule has 0 aliphatic carbocycles. The highest BCUT2D eigenvalue weighted by atomic mass is 79.9. The van der Waals surface area contributed by atoms with Crippen LogP contribution in [0.4, 0.5) is 15.8 Å². The smallest absolute Gasteiger partial charge is 0.324 e. The first kappa shape index (κ1) is 22.6. The van der Waals surface area contributed by atoms with Gasteiger partial charge in [0, 0.05) is 8.95 Å². The normalized spacial score (nSPS) is 10.5. The van der Waals surface area contributed by atoms with Gasteiger partial charge in [0.2, 0.25) is 17.6 Å². The summed E-state index contributed by atoms with van der Waals surface area (Å²) in [5.74, 6) is -2.58. The number of carbonyl (C=O) groups is 2. The fourth-order valence-corrected chi connectivity index (χ4v) is 3.44. The van der Waals surface area contributed by atoms with Crippen molar-refractivity contribution in [1.29, 1.82) is 0 Å². The van der Waals surface area contributed by atoms with Gasteiger partial charge in [0.1, 0.15) is 13.1 Å². The van der Waals surface area contributed by atoms with E-state index in [1.165, 1.54) is 0 Å². The Morgan fingerprint density at radius 1 is 0.839 bits per heavy atom. The molecule has 0 unspecified atom stereocenters. The lowest BCUT2D eigenvalue weighted by molar-refractivity contribution is -0.117. The van der Waals surface area contributed by atoms with E-state index in [1.807, 2.05) is 0 Å². The number of aromatic nitrogens is 2. The van der Waals surface area contributed by atoms with E-state index in [9.17, 15) is 23.6 Å². The maximum Gasteiger partial charge on any atom is 0.332 e. The van der Waals surface area contributed by atoms with Crippen molar-refractivity contribution in [3.05, 3.63) is 90.3 Å². The van der Waals surface area contributed by atoms with Gasteiger partial charge in [0.25, 0.3) is 5.56 Å². The highest BCUT2D eigenvalue weighted by Gasteiger charge is 2.17. The van der Waals surface area contributed by atoms with Crippen LogP contribution in [-0.2, 0) is 22.7 Å². The molecule has 0 bridgehead atoms. The molecule has 0 aliphatic rings. The van der Waals surface area contributed by atoms with Crippen molar-refractivity contribution in [1.82, 2.24) is 9.13 Å². The predicted molar refractivity (Wildman–Crippen MR) is 120 cm³/mol. The second-order valence-electron chi connectivity index (χ2n) is 6.33. The zero-order chi connectivity index (χ0) is 22.5. The van der Waals surface area contributed by atoms with Crippen molar-refractivity contribution in [2.24, 2.45) is 0 Å². The van der Waals surface area contributed by atoms with Crippen LogP contribution in [-0.4, -0.2) is 20.9 Å². The van der Waals surface area contributed by atoms with Gasteiger partial charge in [-0.3, -0.25) is 19.0 Å². The summed E-state index contributed by atoms with van der Waals surface area (Å²) in [6.45, 7) is -1.27. The molecule has 2 N–H and O–H groups in total. The number of benzene rings is 2. The van der Waals surface area contributed by atoms with Gasteiger partial charge in [-0.2, -0.15) is 4.39 Å². The van der Waals surface area contributed by atoms with Crippen molar-refractivity contribution < 1.29 is 14.0 Å². The van der Waals surface area contributed by atoms with E-state index in [-0.39, 0.29) is 0 Å². The topological polar surface area (TPSA) is 102 Å². The number of hydrogen-bond acceptors (Lipinski definition) is 4. The van der Waals surface area contributed by atoms with Crippen molar-refractivity contribution in [3.63, 3.8) is 0 Å². The predicted octanol–water partition coefficient (Wildman–Crippen LogP) is 2.95. The lowest BCUT2D eigenvalue weighted by Gasteiger charge is -2.12. The number of anilines is 2. The Kier molecular flexibility index (Phi) is 7.18. The quantitative estimate of drug-likeness (QED) is 0.490. The fourth-order valence-electron chi connectivity index (χ4n) is 2.67. The van der Waals surface area contributed by atoms with Crippen molar-refractivity contribution in [2.45, 2.75) is 13.1 Å². The molecule has 3 aromatic rings. The Morgan fingerprint density at radius 2 is 1.32 bits per heavy atom. The van der Waals surface area contributed by atoms with Crippen LogP contribution >= 0.6 is 31.9 Å². The first-order valence-electron chi connectivity index (χ1n) is 8.85. The number of para-hydroxylation sites is 2. The molecule has 0 saturated carbocycles. The van der Waals surface area contributed by atoms with Crippen molar-refractivity contribution >= 4 is 55.0 Å². The summed E-state index contributed by atoms with van der Waals surface area (Å²) in [5.41, 5.74) is -1.36. The van der Waals surface area contributed by atoms with Crippen LogP contribution in [0.1, 0.15) is 0 Å². The fraction of sp³-hybridized carbons (Fsp3) is 0.100. The van der Waals surface area contributed by atoms with Gasteiger partial charge in [-0.05, 0) is 56.1 Å². The second kappa shape index (κ2) is 9.84. The molecule has 31 heavy (non-hydrogen) atoms. The molecule has 2 aromatic carbocycles. The highest BCUT2D eigenvalue weighted by Crippen LogP contribution is 2.21. The third kappa shape index (κ3) is 5.56. The van der Waals surface area contributed by atoms with Crippen LogP contribution in [0, 0.1) is 5.82 Å². The largest absolute Gasteiger partial charge is 0.332 e. The number of hydrogen-bond donors (Lipinski definition) is 2. The van der Waals surface area contributed by atoms with E-state index < -0.39 is 42.0 Å². The van der Waals surface area contributed by atoms with E-state index >= 15 is 0 Å². The third-order valence-corrected chi connectivity index (χ3v) is 5.49. The van der Waals surface area contributed by atoms with Gasteiger partial charge >= 0.3 is 5.69 Å². The van der Waals surface area contributed by atoms with Gasteiger partial charge in [-0.15, -0.1) is 0 Å². The number of nitrogens with one attached hydrogen (secondary N) is 2. The summed E-state index contributed by atoms with van der Waals surface area (Å²) in [7, 11) is 0. The molecule has 0 radical (unpaired) electrons. The Labute approximate surface area is 192 Å². The highest BCUT2D eigenvalue weighted by molar-refractivity contribution is 9.11. The van der Waals surface area contributed by atoms with Crippen LogP contribution in [0.25, 0.3) is 0 Å². The molecule has 0 fully saturated rings. The molecule has 3 rings (SSSR count). The third-order valence-electron chi connectivity index (χ3n) is 4.11. The first-order chi connectivity index (χ1) is 14.8. The van der Waals surface area contributed by atoms with Crippen molar-refractivity contribution in [2.75, 3.05) is 10.6 Å². The van der Waals surface area contributed by atoms with E-state index in [0.29, 0.717) is 31.1 Å². The summed E-state index contributed by atoms with van der Waals surface area (Å²) in [4.78, 5) is 49.4. The summed E-state index contributed by atoms with van der Waals surface area (Å²) >= 11 is 6.55. The zero-order valence-electron chi connectivity index (χ0n) is 15.8. The van der Waals surface area contributed by atoms with Crippen LogP contribution in [0.2, 0.25) is 0 Å². The van der Waals surface area contributed by atoms with Crippen LogP contribution in [0.5, 0.6) is 0 Å². The average Bonchev–Trinajstić information content (AvgIpc) is 2.73. The summed E-state index contributed by atoms with van der Waals surface area (Å²) in [5, 5.41) is 5.11. The molecule has 1 heterocycles. The zero-order valence-corrected chi connectivity index (χ0v) is 18.9. The Bertz CT molecular complexity index is 1270. The monoisotopic (exact) mass is 552 g/mol. The van der Waals surface area contributed by atoms with Gasteiger partial charge in [0.15, 0.2) is 0 Å². The minimum atomic E-state index is -1.26. The molecule has 0 spiro atoms. The van der Waals surface area contributed by atoms with Crippen molar-refractivity contribution in [3.8, 4) is 0 Å². The molecule has 160 valence electrons. The molecule has 0 saturated heterocycles. The number of nitrogens with zero attached hydrogens (tertiary/aromatic N) is 2. The van der Waals surface area contributed by atoms with E-state index in [0.717, 1.165) is 4.57 Å². The van der Waals surface area contributed by atoms with E-state index in [4.69, 9.17) is 0 Å². The number of amides is 2. The Balaban J connectivity index is 1.81. The standard InChI is InChI=1S/C20H15Br2FN4O4/c21-12-5-1-3-7-15(12)24-17(28)10-26-9-14(23)19(30)27(20(26)31)11-18(29)25-16-8-4-2-6-13(16)22/h1-9H,10-11H2,(H,24,28)(H,25,29). The summed E-state index contributed by atoms with van der Waals surface area (Å²) in [6.07, 6.45) is 0.645. The Hall–Kier alpha value is -3.05. The summed E-state index contributed by atoms with van der Waals surface area (Å²) < 4.78 is 16.5. The average molecular weight is 554 g/mol. The minimum Gasteiger partial charge on any atom is -0.324 e. The molecule has 2 amide bonds. The number of halogens is 3. The van der Waals surface area contributed by atoms with Gasteiger partial charge < -0.3 is 10.6 Å². The Morgan fingerprint density at radius 3 is 1.84 bits per heavy atom. The maximum atomic E-state index is 14.1. The lowest BCUT2D eigenvalue weighted by Crippen LogP contribution is -2.44. The number of rotatable bonds is 6. The van der Waals surface area contributed by atoms with E-state index in [2.05, 4.69) is 42.5 Å². The van der Waals surface area contributed by atoms with E-state index in [1.54, 1.807) is 48.5 Å². The lowest BCUT2D eigenvalue weighted by atomic mass is 10.3. The molecule has 0 aliphatic heterocycles. The van der Waals surface area contributed by atoms with Gasteiger partial charge in [-0.25, -0.2) is 9.36 Å². The SMILES string of the molecule is O=C(Cn1cc(F)c(=O)n(CC(=O)Nc2ccccc2Br)c1=O)Nc1ccccc1Br. The minimum absolute atomic E-state index is 0.421. The van der Waals surface area contributed by atoms with Crippen LogP contribution < -0.4 is 21.9 Å². The molecule has 11 heteroatoms. The van der Waals surface area contributed by atoms with Crippen LogP contribution in [0.15, 0.2) is 73.3 Å². The molecular formula is C20H15Br2FN4O4. The number of carbonyl (C=O) groups excluding carboxylic acids is 2. The van der Waals surface area contributed by atoms with Gasteiger partial charge in [0.05, 0.1) is 17.6 Å².